The molecule has 1 amide bonds. The second-order valence-electron chi connectivity index (χ2n) is 4.04. The molecule has 0 fully saturated rings. The summed E-state index contributed by atoms with van der Waals surface area (Å²) in [5.74, 6) is -1.24. The molecule has 2 aromatic heterocycles. The van der Waals surface area contributed by atoms with Gasteiger partial charge in [0.2, 0.25) is 5.91 Å². The van der Waals surface area contributed by atoms with Crippen molar-refractivity contribution in [1.29, 1.82) is 0 Å². The number of nitrogens with one attached hydrogen (secondary N) is 1. The van der Waals surface area contributed by atoms with Crippen LogP contribution in [0.4, 0.5) is 5.13 Å². The highest BCUT2D eigenvalue weighted by Crippen LogP contribution is 2.30. The molecule has 0 spiro atoms. The van der Waals surface area contributed by atoms with Crippen molar-refractivity contribution in [2.45, 2.75) is 19.8 Å². The number of nitrogens with zero attached hydrogens (tertiary/aromatic N) is 2. The maximum Gasteiger partial charge on any atom is 0.348 e. The van der Waals surface area contributed by atoms with Crippen LogP contribution in [-0.2, 0) is 4.79 Å². The first-order valence-corrected chi connectivity index (χ1v) is 6.87. The van der Waals surface area contributed by atoms with E-state index in [0.29, 0.717) is 22.8 Å². The Bertz CT molecular complexity index is 625. The lowest BCUT2D eigenvalue weighted by molar-refractivity contribution is -0.116. The number of carboxylic acids is 1. The quantitative estimate of drug-likeness (QED) is 0.883. The van der Waals surface area contributed by atoms with Crippen LogP contribution in [0, 0.1) is 0 Å². The fourth-order valence-corrected chi connectivity index (χ4v) is 2.47. The zero-order valence-electron chi connectivity index (χ0n) is 10.8. The Balaban J connectivity index is 2.34. The van der Waals surface area contributed by atoms with Gasteiger partial charge in [-0.1, -0.05) is 18.3 Å². The lowest BCUT2D eigenvalue weighted by atomic mass is 10.2. The molecule has 0 saturated heterocycles. The summed E-state index contributed by atoms with van der Waals surface area (Å²) < 4.78 is 0. The summed E-state index contributed by atoms with van der Waals surface area (Å²) in [6.45, 7) is 1.89. The standard InChI is InChI=1S/C13H13N3O3S/c1-2-4-9(17)15-13-16-10(11(20-13)12(18)19)8-5-3-6-14-7-8/h3,5-7H,2,4H2,1H3,(H,18,19)(H,15,16,17). The van der Waals surface area contributed by atoms with Crippen molar-refractivity contribution in [3.63, 3.8) is 0 Å². The number of rotatable bonds is 5. The largest absolute Gasteiger partial charge is 0.477 e. The number of pyridine rings is 1. The van der Waals surface area contributed by atoms with Gasteiger partial charge in [-0.25, -0.2) is 9.78 Å². The fraction of sp³-hybridized carbons (Fsp3) is 0.231. The third-order valence-corrected chi connectivity index (χ3v) is 3.44. The molecule has 0 aliphatic carbocycles. The van der Waals surface area contributed by atoms with Crippen LogP contribution in [0.2, 0.25) is 0 Å². The third kappa shape index (κ3) is 3.18. The van der Waals surface area contributed by atoms with Crippen LogP contribution < -0.4 is 5.32 Å². The Morgan fingerprint density at radius 1 is 1.45 bits per heavy atom. The molecule has 0 atom stereocenters. The lowest BCUT2D eigenvalue weighted by Gasteiger charge is -1.98. The number of carbonyl (C=O) groups excluding carboxylic acids is 1. The predicted octanol–water partition coefficient (Wildman–Crippen LogP) is 2.64. The molecule has 0 unspecified atom stereocenters. The summed E-state index contributed by atoms with van der Waals surface area (Å²) in [6, 6.07) is 3.43. The Labute approximate surface area is 119 Å². The van der Waals surface area contributed by atoms with Gasteiger partial charge in [0.1, 0.15) is 4.88 Å². The van der Waals surface area contributed by atoms with Crippen LogP contribution >= 0.6 is 11.3 Å². The highest BCUT2D eigenvalue weighted by molar-refractivity contribution is 7.18. The van der Waals surface area contributed by atoms with E-state index in [1.54, 1.807) is 24.5 Å². The predicted molar refractivity (Wildman–Crippen MR) is 75.8 cm³/mol. The Kier molecular flexibility index (Phi) is 4.41. The van der Waals surface area contributed by atoms with E-state index in [-0.39, 0.29) is 10.8 Å². The van der Waals surface area contributed by atoms with Gasteiger partial charge >= 0.3 is 5.97 Å². The lowest BCUT2D eigenvalue weighted by Crippen LogP contribution is -2.10. The van der Waals surface area contributed by atoms with Gasteiger partial charge in [0.15, 0.2) is 5.13 Å². The smallest absolute Gasteiger partial charge is 0.348 e. The van der Waals surface area contributed by atoms with Gasteiger partial charge in [-0.05, 0) is 18.6 Å². The first-order chi connectivity index (χ1) is 9.61. The molecule has 0 radical (unpaired) electrons. The number of aromatic nitrogens is 2. The van der Waals surface area contributed by atoms with Crippen LogP contribution in [0.15, 0.2) is 24.5 Å². The highest BCUT2D eigenvalue weighted by atomic mass is 32.1. The minimum Gasteiger partial charge on any atom is -0.477 e. The maximum absolute atomic E-state index is 11.5. The SMILES string of the molecule is CCCC(=O)Nc1nc(-c2cccnc2)c(C(=O)O)s1. The first-order valence-electron chi connectivity index (χ1n) is 6.06. The van der Waals surface area contributed by atoms with Crippen molar-refractivity contribution in [3.8, 4) is 11.3 Å². The van der Waals surface area contributed by atoms with Crippen LogP contribution in [0.25, 0.3) is 11.3 Å². The van der Waals surface area contributed by atoms with Crippen LogP contribution in [0.3, 0.4) is 0 Å². The molecule has 2 rings (SSSR count). The Morgan fingerprint density at radius 3 is 2.85 bits per heavy atom. The van der Waals surface area contributed by atoms with Gasteiger partial charge in [0.25, 0.3) is 0 Å². The molecular formula is C13H13N3O3S. The Morgan fingerprint density at radius 2 is 2.25 bits per heavy atom. The molecule has 0 saturated carbocycles. The van der Waals surface area contributed by atoms with Gasteiger partial charge < -0.3 is 10.4 Å². The monoisotopic (exact) mass is 291 g/mol. The summed E-state index contributed by atoms with van der Waals surface area (Å²) in [7, 11) is 0. The number of amides is 1. The molecular weight excluding hydrogens is 278 g/mol. The second-order valence-corrected chi connectivity index (χ2v) is 5.04. The number of thiazole rings is 1. The summed E-state index contributed by atoms with van der Waals surface area (Å²) in [6.07, 6.45) is 4.24. The minimum atomic E-state index is -1.07. The molecule has 104 valence electrons. The van der Waals surface area contributed by atoms with Crippen molar-refractivity contribution in [3.05, 3.63) is 29.4 Å². The molecule has 0 aliphatic heterocycles. The van der Waals surface area contributed by atoms with Gasteiger partial charge in [-0.2, -0.15) is 0 Å². The first kappa shape index (κ1) is 14.1. The fourth-order valence-electron chi connectivity index (χ4n) is 1.63. The van der Waals surface area contributed by atoms with E-state index in [2.05, 4.69) is 15.3 Å². The van der Waals surface area contributed by atoms with E-state index in [0.717, 1.165) is 17.8 Å². The topological polar surface area (TPSA) is 92.2 Å². The normalized spacial score (nSPS) is 10.2. The molecule has 20 heavy (non-hydrogen) atoms. The van der Waals surface area contributed by atoms with Gasteiger partial charge in [-0.3, -0.25) is 9.78 Å². The summed E-state index contributed by atoms with van der Waals surface area (Å²) >= 11 is 0.946. The summed E-state index contributed by atoms with van der Waals surface area (Å²) in [4.78, 5) is 31.0. The molecule has 0 aromatic carbocycles. The molecule has 0 aliphatic rings. The minimum absolute atomic E-state index is 0.0878. The molecule has 6 nitrogen and oxygen atoms in total. The maximum atomic E-state index is 11.5. The second kappa shape index (κ2) is 6.25. The molecule has 2 heterocycles. The van der Waals surface area contributed by atoms with Crippen molar-refractivity contribution in [2.24, 2.45) is 0 Å². The van der Waals surface area contributed by atoms with E-state index in [1.807, 2.05) is 6.92 Å². The van der Waals surface area contributed by atoms with Gasteiger partial charge in [0.05, 0.1) is 5.69 Å². The van der Waals surface area contributed by atoms with Gasteiger partial charge in [0, 0.05) is 24.4 Å². The summed E-state index contributed by atoms with van der Waals surface area (Å²) in [5, 5.41) is 12.1. The molecule has 7 heteroatoms. The van der Waals surface area contributed by atoms with E-state index in [1.165, 1.54) is 0 Å². The molecule has 0 bridgehead atoms. The molecule has 2 aromatic rings. The van der Waals surface area contributed by atoms with Crippen LogP contribution in [-0.4, -0.2) is 27.0 Å². The number of carbonyl (C=O) groups is 2. The average molecular weight is 291 g/mol. The van der Waals surface area contributed by atoms with Crippen LogP contribution in [0.1, 0.15) is 29.4 Å². The zero-order chi connectivity index (χ0) is 14.5. The number of carboxylic acid groups (broad SMARTS) is 1. The van der Waals surface area contributed by atoms with Crippen molar-refractivity contribution in [2.75, 3.05) is 5.32 Å². The van der Waals surface area contributed by atoms with E-state index < -0.39 is 5.97 Å². The van der Waals surface area contributed by atoms with E-state index in [4.69, 9.17) is 0 Å². The number of anilines is 1. The van der Waals surface area contributed by atoms with Crippen molar-refractivity contribution in [1.82, 2.24) is 9.97 Å². The zero-order valence-corrected chi connectivity index (χ0v) is 11.6. The van der Waals surface area contributed by atoms with E-state index >= 15 is 0 Å². The van der Waals surface area contributed by atoms with E-state index in [9.17, 15) is 14.7 Å². The Hall–Kier alpha value is -2.28. The number of hydrogen-bond acceptors (Lipinski definition) is 5. The summed E-state index contributed by atoms with van der Waals surface area (Å²) in [5.41, 5.74) is 0.930. The average Bonchev–Trinajstić information content (AvgIpc) is 2.84. The van der Waals surface area contributed by atoms with Crippen molar-refractivity contribution >= 4 is 28.3 Å². The van der Waals surface area contributed by atoms with Gasteiger partial charge in [-0.15, -0.1) is 0 Å². The van der Waals surface area contributed by atoms with Crippen LogP contribution in [0.5, 0.6) is 0 Å². The third-order valence-electron chi connectivity index (χ3n) is 2.48. The highest BCUT2D eigenvalue weighted by Gasteiger charge is 2.19. The number of hydrogen-bond donors (Lipinski definition) is 2. The van der Waals surface area contributed by atoms with Crippen molar-refractivity contribution < 1.29 is 14.7 Å². The molecule has 2 N–H and O–H groups in total. The number of aromatic carboxylic acids is 1.